The Balaban J connectivity index is 1.71. The van der Waals surface area contributed by atoms with E-state index in [1.807, 2.05) is 50.2 Å². The first kappa shape index (κ1) is 19.7. The van der Waals surface area contributed by atoms with Gasteiger partial charge in [-0.15, -0.1) is 0 Å². The van der Waals surface area contributed by atoms with Crippen LogP contribution in [0.2, 0.25) is 0 Å². The van der Waals surface area contributed by atoms with E-state index in [1.54, 1.807) is 12.1 Å². The summed E-state index contributed by atoms with van der Waals surface area (Å²) in [4.78, 5) is 23.9. The minimum Gasteiger partial charge on any atom is -0.426 e. The number of carbonyl (C=O) groups is 2. The molecule has 0 N–H and O–H groups in total. The van der Waals surface area contributed by atoms with E-state index in [9.17, 15) is 9.59 Å². The van der Waals surface area contributed by atoms with Gasteiger partial charge in [0.1, 0.15) is 11.5 Å². The third-order valence-electron chi connectivity index (χ3n) is 4.17. The summed E-state index contributed by atoms with van der Waals surface area (Å²) in [7, 11) is 0. The van der Waals surface area contributed by atoms with E-state index in [-0.39, 0.29) is 24.8 Å². The smallest absolute Gasteiger partial charge is 0.311 e. The number of para-hydroxylation sites is 2. The average molecular weight is 354 g/mol. The Morgan fingerprint density at radius 2 is 1.08 bits per heavy atom. The second kappa shape index (κ2) is 10.4. The van der Waals surface area contributed by atoms with Crippen molar-refractivity contribution in [1.29, 1.82) is 0 Å². The van der Waals surface area contributed by atoms with E-state index >= 15 is 0 Å². The molecule has 0 unspecified atom stereocenters. The lowest BCUT2D eigenvalue weighted by atomic mass is 10.1. The normalized spacial score (nSPS) is 10.4. The molecule has 0 bridgehead atoms. The third-order valence-corrected chi connectivity index (χ3v) is 4.17. The van der Waals surface area contributed by atoms with Crippen LogP contribution in [0.5, 0.6) is 11.5 Å². The van der Waals surface area contributed by atoms with Gasteiger partial charge >= 0.3 is 11.9 Å². The molecule has 2 rings (SSSR count). The van der Waals surface area contributed by atoms with E-state index in [0.717, 1.165) is 24.0 Å². The molecule has 0 saturated heterocycles. The molecule has 4 nitrogen and oxygen atoms in total. The van der Waals surface area contributed by atoms with Gasteiger partial charge in [0.2, 0.25) is 0 Å². The summed E-state index contributed by atoms with van der Waals surface area (Å²) >= 11 is 0. The minimum atomic E-state index is -0.268. The lowest BCUT2D eigenvalue weighted by Gasteiger charge is -2.09. The molecular weight excluding hydrogens is 328 g/mol. The van der Waals surface area contributed by atoms with E-state index in [1.165, 1.54) is 0 Å². The van der Waals surface area contributed by atoms with Gasteiger partial charge in [0.15, 0.2) is 0 Å². The van der Waals surface area contributed by atoms with Crippen molar-refractivity contribution < 1.29 is 19.1 Å². The predicted octanol–water partition coefficient (Wildman–Crippen LogP) is 4.88. The molecule has 4 heteroatoms. The highest BCUT2D eigenvalue weighted by molar-refractivity contribution is 5.74. The van der Waals surface area contributed by atoms with Gasteiger partial charge < -0.3 is 9.47 Å². The highest BCUT2D eigenvalue weighted by Crippen LogP contribution is 2.20. The highest BCUT2D eigenvalue weighted by atomic mass is 16.5. The van der Waals surface area contributed by atoms with Crippen LogP contribution in [-0.4, -0.2) is 11.9 Å². The maximum atomic E-state index is 12.0. The second-order valence-electron chi connectivity index (χ2n) is 6.08. The summed E-state index contributed by atoms with van der Waals surface area (Å²) in [6, 6.07) is 15.1. The van der Waals surface area contributed by atoms with Crippen LogP contribution in [0.1, 0.15) is 50.7 Å². The Bertz CT molecular complexity index is 673. The molecule has 26 heavy (non-hydrogen) atoms. The SMILES string of the molecule is CCc1ccccc1OC(=O)CCCCC(=O)Oc1ccccc1CC. The van der Waals surface area contributed by atoms with Crippen molar-refractivity contribution in [1.82, 2.24) is 0 Å². The fourth-order valence-electron chi connectivity index (χ4n) is 2.68. The molecule has 0 aliphatic rings. The number of rotatable bonds is 9. The van der Waals surface area contributed by atoms with Crippen molar-refractivity contribution in [2.45, 2.75) is 52.4 Å². The molecule has 2 aromatic rings. The van der Waals surface area contributed by atoms with E-state index in [4.69, 9.17) is 9.47 Å². The number of aryl methyl sites for hydroxylation is 2. The summed E-state index contributed by atoms with van der Waals surface area (Å²) in [5, 5.41) is 0. The Hall–Kier alpha value is -2.62. The largest absolute Gasteiger partial charge is 0.426 e. The first-order valence-electron chi connectivity index (χ1n) is 9.21. The molecule has 0 aliphatic heterocycles. The van der Waals surface area contributed by atoms with Gasteiger partial charge in [0.25, 0.3) is 0 Å². The summed E-state index contributed by atoms with van der Waals surface area (Å²) in [6.07, 6.45) is 3.39. The van der Waals surface area contributed by atoms with Gasteiger partial charge in [-0.3, -0.25) is 9.59 Å². The fourth-order valence-corrected chi connectivity index (χ4v) is 2.68. The monoisotopic (exact) mass is 354 g/mol. The molecule has 0 amide bonds. The maximum absolute atomic E-state index is 12.0. The highest BCUT2D eigenvalue weighted by Gasteiger charge is 2.10. The van der Waals surface area contributed by atoms with Gasteiger partial charge in [-0.25, -0.2) is 0 Å². The molecule has 0 spiro atoms. The third kappa shape index (κ3) is 6.03. The molecule has 0 atom stereocenters. The van der Waals surface area contributed by atoms with Crippen molar-refractivity contribution in [3.8, 4) is 11.5 Å². The van der Waals surface area contributed by atoms with E-state index in [0.29, 0.717) is 24.3 Å². The number of benzene rings is 2. The zero-order valence-corrected chi connectivity index (χ0v) is 15.5. The minimum absolute atomic E-state index is 0.268. The predicted molar refractivity (Wildman–Crippen MR) is 101 cm³/mol. The molecular formula is C22H26O4. The van der Waals surface area contributed by atoms with Crippen LogP contribution in [0.3, 0.4) is 0 Å². The van der Waals surface area contributed by atoms with Crippen LogP contribution in [-0.2, 0) is 22.4 Å². The fraction of sp³-hybridized carbons (Fsp3) is 0.364. The number of hydrogen-bond acceptors (Lipinski definition) is 4. The van der Waals surface area contributed by atoms with Crippen LogP contribution < -0.4 is 9.47 Å². The molecule has 2 aromatic carbocycles. The zero-order valence-electron chi connectivity index (χ0n) is 15.5. The summed E-state index contributed by atoms with van der Waals surface area (Å²) in [5.41, 5.74) is 2.03. The van der Waals surface area contributed by atoms with E-state index in [2.05, 4.69) is 0 Å². The number of hydrogen-bond donors (Lipinski definition) is 0. The summed E-state index contributed by atoms with van der Waals surface area (Å²) in [5.74, 6) is 0.706. The lowest BCUT2D eigenvalue weighted by Crippen LogP contribution is -2.11. The van der Waals surface area contributed by atoms with Crippen LogP contribution >= 0.6 is 0 Å². The Morgan fingerprint density at radius 3 is 1.46 bits per heavy atom. The first-order valence-corrected chi connectivity index (χ1v) is 9.21. The zero-order chi connectivity index (χ0) is 18.8. The summed E-state index contributed by atoms with van der Waals surface area (Å²) in [6.45, 7) is 4.05. The maximum Gasteiger partial charge on any atom is 0.311 e. The molecule has 0 heterocycles. The van der Waals surface area contributed by atoms with Crippen molar-refractivity contribution in [2.24, 2.45) is 0 Å². The molecule has 0 fully saturated rings. The number of esters is 2. The molecule has 0 saturated carbocycles. The second-order valence-corrected chi connectivity index (χ2v) is 6.08. The molecule has 0 aliphatic carbocycles. The van der Waals surface area contributed by atoms with Gasteiger partial charge in [0.05, 0.1) is 0 Å². The number of unbranched alkanes of at least 4 members (excludes halogenated alkanes) is 1. The van der Waals surface area contributed by atoms with Gasteiger partial charge in [0, 0.05) is 12.8 Å². The molecule has 138 valence electrons. The van der Waals surface area contributed by atoms with E-state index < -0.39 is 0 Å². The van der Waals surface area contributed by atoms with Crippen molar-refractivity contribution in [3.05, 3.63) is 59.7 Å². The van der Waals surface area contributed by atoms with Crippen LogP contribution in [0.25, 0.3) is 0 Å². The molecule has 0 radical (unpaired) electrons. The van der Waals surface area contributed by atoms with Crippen molar-refractivity contribution in [3.63, 3.8) is 0 Å². The Kier molecular flexibility index (Phi) is 7.87. The number of ether oxygens (including phenoxy) is 2. The lowest BCUT2D eigenvalue weighted by molar-refractivity contribution is -0.136. The van der Waals surface area contributed by atoms with Crippen LogP contribution in [0.4, 0.5) is 0 Å². The quantitative estimate of drug-likeness (QED) is 0.366. The van der Waals surface area contributed by atoms with Crippen LogP contribution in [0, 0.1) is 0 Å². The van der Waals surface area contributed by atoms with Gasteiger partial charge in [-0.05, 0) is 48.9 Å². The van der Waals surface area contributed by atoms with Crippen molar-refractivity contribution in [2.75, 3.05) is 0 Å². The Morgan fingerprint density at radius 1 is 0.692 bits per heavy atom. The molecule has 0 aromatic heterocycles. The number of carbonyl (C=O) groups excluding carboxylic acids is 2. The van der Waals surface area contributed by atoms with Gasteiger partial charge in [-0.2, -0.15) is 0 Å². The Labute approximate surface area is 155 Å². The average Bonchev–Trinajstić information content (AvgIpc) is 2.66. The van der Waals surface area contributed by atoms with Crippen molar-refractivity contribution >= 4 is 11.9 Å². The van der Waals surface area contributed by atoms with Crippen LogP contribution in [0.15, 0.2) is 48.5 Å². The standard InChI is InChI=1S/C22H26O4/c1-3-17-11-5-7-13-19(17)25-21(23)15-9-10-16-22(24)26-20-14-8-6-12-18(20)4-2/h5-8,11-14H,3-4,9-10,15-16H2,1-2H3. The topological polar surface area (TPSA) is 52.6 Å². The van der Waals surface area contributed by atoms with Gasteiger partial charge in [-0.1, -0.05) is 50.2 Å². The summed E-state index contributed by atoms with van der Waals surface area (Å²) < 4.78 is 10.8. The first-order chi connectivity index (χ1) is 12.6.